The lowest BCUT2D eigenvalue weighted by Crippen LogP contribution is -2.33. The van der Waals surface area contributed by atoms with E-state index in [4.69, 9.17) is 21.7 Å². The van der Waals surface area contributed by atoms with Gasteiger partial charge in [-0.2, -0.15) is 0 Å². The lowest BCUT2D eigenvalue weighted by atomic mass is 10.1. The molecule has 3 aromatic carbocycles. The number of carbonyl (C=O) groups is 1. The van der Waals surface area contributed by atoms with Crippen LogP contribution in [0.1, 0.15) is 16.8 Å². The molecule has 0 radical (unpaired) electrons. The molecule has 0 N–H and O–H groups in total. The first kappa shape index (κ1) is 25.6. The molecule has 9 heteroatoms. The lowest BCUT2D eigenvalue weighted by molar-refractivity contribution is -0.113. The van der Waals surface area contributed by atoms with Gasteiger partial charge in [0.05, 0.1) is 23.4 Å². The Kier molecular flexibility index (Phi) is 7.22. The Bertz CT molecular complexity index is 1610. The van der Waals surface area contributed by atoms with Crippen LogP contribution in [0.25, 0.3) is 11.8 Å². The van der Waals surface area contributed by atoms with Crippen LogP contribution in [0.2, 0.25) is 0 Å². The van der Waals surface area contributed by atoms with Gasteiger partial charge in [-0.05, 0) is 48.4 Å². The summed E-state index contributed by atoms with van der Waals surface area (Å²) >= 11 is 6.72. The fraction of sp³-hybridized carbons (Fsp3) is 0.138. The molecule has 4 aromatic rings. The van der Waals surface area contributed by atoms with E-state index in [0.29, 0.717) is 38.7 Å². The number of rotatable bonds is 7. The number of thioether (sulfide) groups is 1. The van der Waals surface area contributed by atoms with Gasteiger partial charge in [0.15, 0.2) is 15.8 Å². The second-order valence-corrected chi connectivity index (χ2v) is 10.3. The van der Waals surface area contributed by atoms with Crippen LogP contribution in [0.3, 0.4) is 0 Å². The lowest BCUT2D eigenvalue weighted by Gasteiger charge is -2.12. The number of benzene rings is 3. The Labute approximate surface area is 229 Å². The molecule has 1 aliphatic heterocycles. The van der Waals surface area contributed by atoms with Gasteiger partial charge >= 0.3 is 0 Å². The quantitative estimate of drug-likeness (QED) is 0.227. The van der Waals surface area contributed by atoms with Crippen molar-refractivity contribution < 1.29 is 14.3 Å². The minimum Gasteiger partial charge on any atom is -0.493 e. The zero-order valence-electron chi connectivity index (χ0n) is 21.1. The molecule has 1 aromatic heterocycles. The molecule has 0 saturated carbocycles. The molecule has 0 atom stereocenters. The highest BCUT2D eigenvalue weighted by atomic mass is 32.2. The van der Waals surface area contributed by atoms with Crippen molar-refractivity contribution in [2.24, 2.45) is 7.05 Å². The number of aromatic nitrogens is 2. The molecule has 0 aliphatic carbocycles. The summed E-state index contributed by atoms with van der Waals surface area (Å²) in [5, 5.41) is 0. The Morgan fingerprint density at radius 1 is 0.947 bits per heavy atom. The summed E-state index contributed by atoms with van der Waals surface area (Å²) in [4.78, 5) is 28.7. The normalized spacial score (nSPS) is 14.4. The van der Waals surface area contributed by atoms with Crippen molar-refractivity contribution in [1.29, 1.82) is 0 Å². The van der Waals surface area contributed by atoms with Crippen molar-refractivity contribution in [1.82, 2.24) is 9.36 Å². The fourth-order valence-electron chi connectivity index (χ4n) is 4.25. The van der Waals surface area contributed by atoms with E-state index in [1.807, 2.05) is 78.9 Å². The number of hydrogen-bond acceptors (Lipinski definition) is 6. The van der Waals surface area contributed by atoms with Crippen LogP contribution in [0.15, 0.2) is 88.6 Å². The molecule has 5 rings (SSSR count). The minimum absolute atomic E-state index is 0.254. The van der Waals surface area contributed by atoms with Crippen molar-refractivity contribution >= 4 is 46.0 Å². The first-order valence-corrected chi connectivity index (χ1v) is 13.1. The van der Waals surface area contributed by atoms with E-state index in [0.717, 1.165) is 22.9 Å². The van der Waals surface area contributed by atoms with Gasteiger partial charge in [-0.15, -0.1) is 0 Å². The smallest absolute Gasteiger partial charge is 0.296 e. The second kappa shape index (κ2) is 10.7. The van der Waals surface area contributed by atoms with Gasteiger partial charge in [-0.3, -0.25) is 19.2 Å². The summed E-state index contributed by atoms with van der Waals surface area (Å²) in [5.74, 6) is 0.812. The first-order valence-electron chi connectivity index (χ1n) is 11.9. The van der Waals surface area contributed by atoms with Crippen LogP contribution in [-0.4, -0.2) is 26.7 Å². The largest absolute Gasteiger partial charge is 0.493 e. The maximum absolute atomic E-state index is 13.5. The minimum atomic E-state index is -0.339. The molecule has 1 aliphatic rings. The zero-order valence-corrected chi connectivity index (χ0v) is 22.7. The molecule has 7 nitrogen and oxygen atoms in total. The number of amides is 1. The molecule has 0 unspecified atom stereocenters. The van der Waals surface area contributed by atoms with Gasteiger partial charge < -0.3 is 9.47 Å². The van der Waals surface area contributed by atoms with Gasteiger partial charge in [-0.25, -0.2) is 4.68 Å². The van der Waals surface area contributed by atoms with Gasteiger partial charge in [0.2, 0.25) is 0 Å². The summed E-state index contributed by atoms with van der Waals surface area (Å²) in [6, 6.07) is 24.6. The van der Waals surface area contributed by atoms with E-state index in [1.54, 1.807) is 31.8 Å². The number of carbonyl (C=O) groups excluding carboxylic acids is 1. The summed E-state index contributed by atoms with van der Waals surface area (Å²) in [5.41, 5.74) is 3.08. The average molecular weight is 544 g/mol. The molecular formula is C29H25N3O4S2. The number of para-hydroxylation sites is 1. The molecule has 2 heterocycles. The number of thiocarbonyl (C=S) groups is 1. The van der Waals surface area contributed by atoms with Crippen molar-refractivity contribution in [3.05, 3.63) is 111 Å². The third kappa shape index (κ3) is 4.78. The van der Waals surface area contributed by atoms with E-state index < -0.39 is 0 Å². The standard InChI is InChI=1S/C29H25N3O4S2/c1-19-26(28(34)32(30(19)2)22-12-8-5-9-13-22)31-27(33)25(38-29(31)37)17-21-14-15-23(24(16-21)35-3)36-18-20-10-6-4-7-11-20/h4-17H,18H2,1-3H3/b25-17-. The number of methoxy groups -OCH3 is 1. The van der Waals surface area contributed by atoms with E-state index in [9.17, 15) is 9.59 Å². The Morgan fingerprint density at radius 2 is 1.63 bits per heavy atom. The van der Waals surface area contributed by atoms with Crippen molar-refractivity contribution in [3.8, 4) is 17.2 Å². The number of ether oxygens (including phenoxy) is 2. The summed E-state index contributed by atoms with van der Waals surface area (Å²) in [6.45, 7) is 2.21. The van der Waals surface area contributed by atoms with Crippen LogP contribution < -0.4 is 19.9 Å². The third-order valence-electron chi connectivity index (χ3n) is 6.26. The number of hydrogen-bond donors (Lipinski definition) is 0. The van der Waals surface area contributed by atoms with Gasteiger partial charge in [-0.1, -0.05) is 78.6 Å². The monoisotopic (exact) mass is 543 g/mol. The Morgan fingerprint density at radius 3 is 2.32 bits per heavy atom. The SMILES string of the molecule is COc1cc(/C=C2\SC(=S)N(c3c(C)n(C)n(-c4ccccc4)c3=O)C2=O)ccc1OCc1ccccc1. The molecule has 1 amide bonds. The Balaban J connectivity index is 1.42. The van der Waals surface area contributed by atoms with Crippen LogP contribution in [0.4, 0.5) is 5.69 Å². The molecule has 38 heavy (non-hydrogen) atoms. The topological polar surface area (TPSA) is 65.7 Å². The summed E-state index contributed by atoms with van der Waals surface area (Å²) in [7, 11) is 3.36. The predicted molar refractivity (Wildman–Crippen MR) is 155 cm³/mol. The molecular weight excluding hydrogens is 518 g/mol. The van der Waals surface area contributed by atoms with E-state index >= 15 is 0 Å². The van der Waals surface area contributed by atoms with Gasteiger partial charge in [0.25, 0.3) is 11.5 Å². The average Bonchev–Trinajstić information content (AvgIpc) is 3.33. The van der Waals surface area contributed by atoms with Gasteiger partial charge in [0, 0.05) is 7.05 Å². The molecule has 1 saturated heterocycles. The van der Waals surface area contributed by atoms with Crippen molar-refractivity contribution in [3.63, 3.8) is 0 Å². The van der Waals surface area contributed by atoms with E-state index in [1.165, 1.54) is 9.58 Å². The number of anilines is 1. The summed E-state index contributed by atoms with van der Waals surface area (Å²) in [6.07, 6.45) is 1.75. The Hall–Kier alpha value is -4.08. The molecule has 192 valence electrons. The second-order valence-electron chi connectivity index (χ2n) is 8.61. The molecule has 0 bridgehead atoms. The van der Waals surface area contributed by atoms with Crippen LogP contribution in [0.5, 0.6) is 11.5 Å². The van der Waals surface area contributed by atoms with Crippen LogP contribution >= 0.6 is 24.0 Å². The van der Waals surface area contributed by atoms with Gasteiger partial charge in [0.1, 0.15) is 12.3 Å². The van der Waals surface area contributed by atoms with E-state index in [2.05, 4.69) is 0 Å². The maximum Gasteiger partial charge on any atom is 0.296 e. The van der Waals surface area contributed by atoms with E-state index in [-0.39, 0.29) is 17.2 Å². The zero-order chi connectivity index (χ0) is 26.8. The third-order valence-corrected chi connectivity index (χ3v) is 7.57. The first-order chi connectivity index (χ1) is 18.4. The number of nitrogens with zero attached hydrogens (tertiary/aromatic N) is 3. The highest BCUT2D eigenvalue weighted by molar-refractivity contribution is 8.27. The predicted octanol–water partition coefficient (Wildman–Crippen LogP) is 5.48. The highest BCUT2D eigenvalue weighted by Gasteiger charge is 2.37. The summed E-state index contributed by atoms with van der Waals surface area (Å²) < 4.78 is 15.1. The molecule has 1 fully saturated rings. The maximum atomic E-state index is 13.5. The van der Waals surface area contributed by atoms with Crippen molar-refractivity contribution in [2.75, 3.05) is 12.0 Å². The van der Waals surface area contributed by atoms with Crippen molar-refractivity contribution in [2.45, 2.75) is 13.5 Å². The highest BCUT2D eigenvalue weighted by Crippen LogP contribution is 2.37. The van der Waals surface area contributed by atoms with Crippen LogP contribution in [-0.2, 0) is 18.4 Å². The molecule has 0 spiro atoms. The van der Waals surface area contributed by atoms with Crippen LogP contribution in [0, 0.1) is 6.92 Å². The fourth-order valence-corrected chi connectivity index (χ4v) is 5.52.